The predicted octanol–water partition coefficient (Wildman–Crippen LogP) is 1.16. The number of hydrogen-bond acceptors (Lipinski definition) is 7. The van der Waals surface area contributed by atoms with Crippen LogP contribution in [-0.2, 0) is 16.6 Å². The molecule has 1 atom stereocenters. The summed E-state index contributed by atoms with van der Waals surface area (Å²) in [7, 11) is 1.82. The molecule has 0 bridgehead atoms. The topological polar surface area (TPSA) is 81.9 Å². The summed E-state index contributed by atoms with van der Waals surface area (Å²) in [4.78, 5) is 12.2. The molecule has 0 radical (unpaired) electrons. The van der Waals surface area contributed by atoms with Gasteiger partial charge in [-0.1, -0.05) is 11.8 Å². The number of rotatable bonds is 9. The highest BCUT2D eigenvalue weighted by Gasteiger charge is 2.39. The monoisotopic (exact) mass is 313 g/mol. The average molecular weight is 313 g/mol. The van der Waals surface area contributed by atoms with Crippen LogP contribution in [0.4, 0.5) is 0 Å². The molecule has 0 saturated heterocycles. The minimum atomic E-state index is -0.587. The maximum atomic E-state index is 12.2. The molecule has 0 aliphatic heterocycles. The lowest BCUT2D eigenvalue weighted by Gasteiger charge is -2.28. The molecular formula is C13H23N5O2S. The summed E-state index contributed by atoms with van der Waals surface area (Å²) >= 11 is 1.60. The third-order valence-electron chi connectivity index (χ3n) is 3.46. The van der Waals surface area contributed by atoms with Crippen LogP contribution < -0.4 is 5.32 Å². The number of nitrogens with zero attached hydrogens (tertiary/aromatic N) is 4. The van der Waals surface area contributed by atoms with Crippen LogP contribution in [0.25, 0.3) is 0 Å². The predicted molar refractivity (Wildman–Crippen MR) is 80.0 cm³/mol. The average Bonchev–Trinajstić information content (AvgIpc) is 3.16. The van der Waals surface area contributed by atoms with Gasteiger partial charge in [-0.15, -0.1) is 5.10 Å². The Kier molecular flexibility index (Phi) is 5.58. The summed E-state index contributed by atoms with van der Waals surface area (Å²) in [6.07, 6.45) is 3.94. The Morgan fingerprint density at radius 2 is 2.33 bits per heavy atom. The highest BCUT2D eigenvalue weighted by atomic mass is 32.2. The van der Waals surface area contributed by atoms with Crippen LogP contribution in [0.5, 0.6) is 0 Å². The van der Waals surface area contributed by atoms with Crippen molar-refractivity contribution < 1.29 is 9.53 Å². The lowest BCUT2D eigenvalue weighted by molar-refractivity contribution is -0.151. The minimum absolute atomic E-state index is 0.151. The number of esters is 1. The number of aryl methyl sites for hydroxylation is 1. The van der Waals surface area contributed by atoms with Gasteiger partial charge >= 0.3 is 5.97 Å². The van der Waals surface area contributed by atoms with E-state index in [4.69, 9.17) is 4.74 Å². The van der Waals surface area contributed by atoms with Crippen molar-refractivity contribution in [2.45, 2.75) is 56.3 Å². The zero-order valence-electron chi connectivity index (χ0n) is 12.8. The first-order valence-electron chi connectivity index (χ1n) is 7.35. The summed E-state index contributed by atoms with van der Waals surface area (Å²) < 4.78 is 6.86. The van der Waals surface area contributed by atoms with Crippen LogP contribution in [0.15, 0.2) is 5.16 Å². The van der Waals surface area contributed by atoms with Crippen molar-refractivity contribution in [2.75, 3.05) is 12.4 Å². The van der Waals surface area contributed by atoms with Crippen molar-refractivity contribution in [1.82, 2.24) is 25.5 Å². The number of tetrazole rings is 1. The van der Waals surface area contributed by atoms with Gasteiger partial charge in [-0.2, -0.15) is 0 Å². The Bertz CT molecular complexity index is 477. The second-order valence-electron chi connectivity index (χ2n) is 5.51. The van der Waals surface area contributed by atoms with Crippen LogP contribution in [0.3, 0.4) is 0 Å². The maximum absolute atomic E-state index is 12.2. The van der Waals surface area contributed by atoms with Crippen LogP contribution in [0.2, 0.25) is 0 Å². The SMILES string of the molecule is CCOC(=O)C(C)(CCCSc1nnnn1C)NC1CC1. The third-order valence-corrected chi connectivity index (χ3v) is 4.56. The Labute approximate surface area is 129 Å². The first-order chi connectivity index (χ1) is 10.0. The standard InChI is InChI=1S/C13H23N5O2S/c1-4-20-11(19)13(2,14-10-6-7-10)8-5-9-21-12-15-16-17-18(12)3/h10,14H,4-9H2,1-3H3. The highest BCUT2D eigenvalue weighted by molar-refractivity contribution is 7.99. The summed E-state index contributed by atoms with van der Waals surface area (Å²) in [6, 6.07) is 0.468. The van der Waals surface area contributed by atoms with Crippen molar-refractivity contribution >= 4 is 17.7 Å². The summed E-state index contributed by atoms with van der Waals surface area (Å²) in [5.74, 6) is 0.720. The fraction of sp³-hybridized carbons (Fsp3) is 0.846. The Morgan fingerprint density at radius 1 is 1.57 bits per heavy atom. The van der Waals surface area contributed by atoms with Gasteiger partial charge in [0.25, 0.3) is 0 Å². The van der Waals surface area contributed by atoms with Crippen LogP contribution in [0, 0.1) is 0 Å². The van der Waals surface area contributed by atoms with Gasteiger partial charge in [0.1, 0.15) is 5.54 Å². The molecule has 21 heavy (non-hydrogen) atoms. The number of hydrogen-bond donors (Lipinski definition) is 1. The molecule has 1 aliphatic carbocycles. The minimum Gasteiger partial charge on any atom is -0.465 e. The summed E-state index contributed by atoms with van der Waals surface area (Å²) in [5.41, 5.74) is -0.587. The number of carbonyl (C=O) groups excluding carboxylic acids is 1. The number of ether oxygens (including phenoxy) is 1. The van der Waals surface area contributed by atoms with E-state index in [1.807, 2.05) is 20.9 Å². The molecule has 2 rings (SSSR count). The zero-order chi connectivity index (χ0) is 15.3. The molecular weight excluding hydrogens is 290 g/mol. The largest absolute Gasteiger partial charge is 0.465 e. The molecule has 0 amide bonds. The van der Waals surface area contributed by atoms with Crippen LogP contribution in [0.1, 0.15) is 39.5 Å². The van der Waals surface area contributed by atoms with Gasteiger partial charge in [0.15, 0.2) is 0 Å². The Hall–Kier alpha value is -1.15. The maximum Gasteiger partial charge on any atom is 0.326 e. The van der Waals surface area contributed by atoms with Gasteiger partial charge < -0.3 is 4.74 Å². The van der Waals surface area contributed by atoms with Crippen molar-refractivity contribution in [2.24, 2.45) is 7.05 Å². The normalized spacial score (nSPS) is 17.5. The smallest absolute Gasteiger partial charge is 0.326 e. The molecule has 1 aromatic heterocycles. The van der Waals surface area contributed by atoms with Gasteiger partial charge in [0, 0.05) is 18.8 Å². The quantitative estimate of drug-likeness (QED) is 0.416. The Balaban J connectivity index is 1.80. The number of thioether (sulfide) groups is 1. The highest BCUT2D eigenvalue weighted by Crippen LogP contribution is 2.26. The molecule has 1 unspecified atom stereocenters. The lowest BCUT2D eigenvalue weighted by Crippen LogP contribution is -2.51. The van der Waals surface area contributed by atoms with Gasteiger partial charge in [-0.05, 0) is 50.0 Å². The van der Waals surface area contributed by atoms with E-state index in [0.717, 1.165) is 36.6 Å². The van der Waals surface area contributed by atoms with Crippen LogP contribution >= 0.6 is 11.8 Å². The van der Waals surface area contributed by atoms with Gasteiger partial charge in [0.2, 0.25) is 5.16 Å². The molecule has 118 valence electrons. The van der Waals surface area contributed by atoms with E-state index in [9.17, 15) is 4.79 Å². The first kappa shape index (κ1) is 16.2. The van der Waals surface area contributed by atoms with E-state index in [1.54, 1.807) is 16.4 Å². The molecule has 8 heteroatoms. The lowest BCUT2D eigenvalue weighted by atomic mass is 9.96. The van der Waals surface area contributed by atoms with E-state index >= 15 is 0 Å². The second kappa shape index (κ2) is 7.22. The van der Waals surface area contributed by atoms with E-state index in [2.05, 4.69) is 20.8 Å². The number of nitrogens with one attached hydrogen (secondary N) is 1. The molecule has 0 aromatic carbocycles. The van der Waals surface area contributed by atoms with Crippen LogP contribution in [-0.4, -0.2) is 50.1 Å². The molecule has 1 aromatic rings. The van der Waals surface area contributed by atoms with Crippen molar-refractivity contribution in [3.8, 4) is 0 Å². The van der Waals surface area contributed by atoms with Crippen molar-refractivity contribution in [3.05, 3.63) is 0 Å². The summed E-state index contributed by atoms with van der Waals surface area (Å²) in [6.45, 7) is 4.20. The molecule has 1 saturated carbocycles. The third kappa shape index (κ3) is 4.67. The molecule has 7 nitrogen and oxygen atoms in total. The number of carbonyl (C=O) groups is 1. The molecule has 1 N–H and O–H groups in total. The van der Waals surface area contributed by atoms with E-state index in [-0.39, 0.29) is 5.97 Å². The second-order valence-corrected chi connectivity index (χ2v) is 6.57. The molecule has 1 aliphatic rings. The fourth-order valence-corrected chi connectivity index (χ4v) is 2.92. The van der Waals surface area contributed by atoms with Gasteiger partial charge in [-0.25, -0.2) is 4.68 Å². The molecule has 1 fully saturated rings. The van der Waals surface area contributed by atoms with Crippen molar-refractivity contribution in [3.63, 3.8) is 0 Å². The molecule has 1 heterocycles. The Morgan fingerprint density at radius 3 is 2.90 bits per heavy atom. The van der Waals surface area contributed by atoms with E-state index in [1.165, 1.54) is 0 Å². The number of aromatic nitrogens is 4. The summed E-state index contributed by atoms with van der Waals surface area (Å²) in [5, 5.41) is 15.5. The van der Waals surface area contributed by atoms with Crippen molar-refractivity contribution in [1.29, 1.82) is 0 Å². The fourth-order valence-electron chi connectivity index (χ4n) is 2.13. The zero-order valence-corrected chi connectivity index (χ0v) is 13.7. The van der Waals surface area contributed by atoms with E-state index in [0.29, 0.717) is 12.6 Å². The van der Waals surface area contributed by atoms with E-state index < -0.39 is 5.54 Å². The first-order valence-corrected chi connectivity index (χ1v) is 8.34. The molecule has 0 spiro atoms. The van der Waals surface area contributed by atoms with Gasteiger partial charge in [0.05, 0.1) is 6.61 Å². The van der Waals surface area contributed by atoms with Gasteiger partial charge in [-0.3, -0.25) is 10.1 Å².